The second kappa shape index (κ2) is 6.95. The Morgan fingerprint density at radius 1 is 1.25 bits per heavy atom. The van der Waals surface area contributed by atoms with E-state index in [0.717, 1.165) is 11.3 Å². The van der Waals surface area contributed by atoms with Crippen LogP contribution in [0.2, 0.25) is 4.34 Å². The van der Waals surface area contributed by atoms with Gasteiger partial charge in [0.2, 0.25) is 5.91 Å². The molecule has 0 aromatic carbocycles. The molecule has 0 spiro atoms. The van der Waals surface area contributed by atoms with Crippen molar-refractivity contribution < 1.29 is 14.3 Å². The van der Waals surface area contributed by atoms with E-state index in [9.17, 15) is 9.59 Å². The van der Waals surface area contributed by atoms with Gasteiger partial charge in [0.05, 0.1) is 17.9 Å². The Bertz CT molecular complexity index is 492. The average Bonchev–Trinajstić information content (AvgIpc) is 2.70. The molecule has 5 nitrogen and oxygen atoms in total. The summed E-state index contributed by atoms with van der Waals surface area (Å²) < 4.78 is 5.40. The number of halogens is 1. The first-order valence-corrected chi connectivity index (χ1v) is 7.64. The molecule has 0 atom stereocenters. The molecule has 0 saturated carbocycles. The van der Waals surface area contributed by atoms with Crippen molar-refractivity contribution in [2.24, 2.45) is 0 Å². The van der Waals surface area contributed by atoms with Crippen molar-refractivity contribution in [3.63, 3.8) is 0 Å². The number of carbonyl (C=O) groups excluding carboxylic acids is 2. The number of methoxy groups -OCH3 is 1. The van der Waals surface area contributed by atoms with Crippen molar-refractivity contribution in [3.05, 3.63) is 21.3 Å². The Hall–Kier alpha value is -1.27. The van der Waals surface area contributed by atoms with Gasteiger partial charge in [0.25, 0.3) is 0 Å². The number of thiophene rings is 1. The van der Waals surface area contributed by atoms with Crippen LogP contribution in [0.15, 0.2) is 12.1 Å². The van der Waals surface area contributed by atoms with Gasteiger partial charge in [0.15, 0.2) is 0 Å². The topological polar surface area (TPSA) is 49.9 Å². The molecule has 2 heterocycles. The van der Waals surface area contributed by atoms with Gasteiger partial charge < -0.3 is 14.5 Å². The van der Waals surface area contributed by atoms with Crippen LogP contribution in [0.1, 0.15) is 11.3 Å². The van der Waals surface area contributed by atoms with Crippen LogP contribution in [-0.2, 0) is 16.0 Å². The lowest BCUT2D eigenvalue weighted by molar-refractivity contribution is -0.130. The van der Waals surface area contributed by atoms with E-state index in [1.54, 1.807) is 15.9 Å². The van der Waals surface area contributed by atoms with Crippen LogP contribution in [0.5, 0.6) is 0 Å². The minimum Gasteiger partial charge on any atom is -0.453 e. The molecule has 0 aliphatic carbocycles. The fourth-order valence-electron chi connectivity index (χ4n) is 2.19. The molecule has 2 amide bonds. The lowest BCUT2D eigenvalue weighted by Gasteiger charge is -2.21. The summed E-state index contributed by atoms with van der Waals surface area (Å²) in [5.74, 6) is 0.0789. The van der Waals surface area contributed by atoms with Crippen molar-refractivity contribution in [1.29, 1.82) is 0 Å². The smallest absolute Gasteiger partial charge is 0.409 e. The molecule has 0 radical (unpaired) electrons. The molecular weight excluding hydrogens is 300 g/mol. The zero-order valence-electron chi connectivity index (χ0n) is 11.3. The van der Waals surface area contributed by atoms with E-state index >= 15 is 0 Å². The molecule has 1 saturated heterocycles. The lowest BCUT2D eigenvalue weighted by Crippen LogP contribution is -2.37. The van der Waals surface area contributed by atoms with E-state index in [2.05, 4.69) is 0 Å². The van der Waals surface area contributed by atoms with Crippen molar-refractivity contribution in [1.82, 2.24) is 9.80 Å². The maximum Gasteiger partial charge on any atom is 0.409 e. The molecule has 1 aliphatic rings. The van der Waals surface area contributed by atoms with E-state index in [4.69, 9.17) is 16.3 Å². The van der Waals surface area contributed by atoms with Crippen LogP contribution in [0.25, 0.3) is 0 Å². The normalized spacial score (nSPS) is 15.9. The molecule has 0 N–H and O–H groups in total. The Morgan fingerprint density at radius 3 is 2.60 bits per heavy atom. The Kier molecular flexibility index (Phi) is 5.25. The van der Waals surface area contributed by atoms with Gasteiger partial charge in [0.1, 0.15) is 0 Å². The zero-order valence-corrected chi connectivity index (χ0v) is 12.9. The van der Waals surface area contributed by atoms with E-state index in [1.165, 1.54) is 18.4 Å². The van der Waals surface area contributed by atoms with E-state index in [0.29, 0.717) is 36.9 Å². The van der Waals surface area contributed by atoms with Crippen LogP contribution < -0.4 is 0 Å². The molecule has 1 aromatic rings. The van der Waals surface area contributed by atoms with Gasteiger partial charge in [-0.2, -0.15) is 0 Å². The van der Waals surface area contributed by atoms with Crippen LogP contribution in [-0.4, -0.2) is 55.1 Å². The maximum atomic E-state index is 12.2. The maximum absolute atomic E-state index is 12.2. The zero-order chi connectivity index (χ0) is 14.5. The van der Waals surface area contributed by atoms with E-state index in [-0.39, 0.29) is 12.0 Å². The van der Waals surface area contributed by atoms with Gasteiger partial charge in [0, 0.05) is 31.1 Å². The number of hydrogen-bond donors (Lipinski definition) is 0. The third-order valence-electron chi connectivity index (χ3n) is 3.24. The summed E-state index contributed by atoms with van der Waals surface area (Å²) in [6, 6.07) is 3.68. The Balaban J connectivity index is 1.89. The monoisotopic (exact) mass is 316 g/mol. The van der Waals surface area contributed by atoms with Crippen LogP contribution >= 0.6 is 22.9 Å². The van der Waals surface area contributed by atoms with Gasteiger partial charge in [-0.15, -0.1) is 11.3 Å². The number of rotatable bonds is 2. The Labute approximate surface area is 127 Å². The average molecular weight is 317 g/mol. The van der Waals surface area contributed by atoms with Crippen molar-refractivity contribution in [2.45, 2.75) is 12.8 Å². The second-order valence-corrected chi connectivity index (χ2v) is 6.37. The summed E-state index contributed by atoms with van der Waals surface area (Å²) >= 11 is 7.29. The molecule has 1 aliphatic heterocycles. The highest BCUT2D eigenvalue weighted by Gasteiger charge is 2.22. The summed E-state index contributed by atoms with van der Waals surface area (Å²) in [7, 11) is 1.37. The molecule has 0 bridgehead atoms. The predicted octanol–water partition coefficient (Wildman–Crippen LogP) is 2.24. The molecule has 2 rings (SSSR count). The first-order chi connectivity index (χ1) is 9.60. The van der Waals surface area contributed by atoms with Crippen molar-refractivity contribution in [3.8, 4) is 0 Å². The molecule has 0 unspecified atom stereocenters. The fourth-order valence-corrected chi connectivity index (χ4v) is 3.26. The predicted molar refractivity (Wildman–Crippen MR) is 78.2 cm³/mol. The standard InChI is InChI=1S/C13H17ClN2O3S/c1-19-13(18)16-6-2-5-15(7-8-16)12(17)9-10-3-4-11(14)20-10/h3-4H,2,5-9H2,1H3. The van der Waals surface area contributed by atoms with E-state index < -0.39 is 0 Å². The largest absolute Gasteiger partial charge is 0.453 e. The lowest BCUT2D eigenvalue weighted by atomic mass is 10.3. The highest BCUT2D eigenvalue weighted by Crippen LogP contribution is 2.22. The van der Waals surface area contributed by atoms with Gasteiger partial charge in [-0.3, -0.25) is 4.79 Å². The van der Waals surface area contributed by atoms with Crippen molar-refractivity contribution >= 4 is 34.9 Å². The van der Waals surface area contributed by atoms with Gasteiger partial charge in [-0.25, -0.2) is 4.79 Å². The molecule has 20 heavy (non-hydrogen) atoms. The quantitative estimate of drug-likeness (QED) is 0.841. The fraction of sp³-hybridized carbons (Fsp3) is 0.538. The van der Waals surface area contributed by atoms with Crippen molar-refractivity contribution in [2.75, 3.05) is 33.3 Å². The van der Waals surface area contributed by atoms with Gasteiger partial charge in [-0.05, 0) is 18.6 Å². The number of hydrogen-bond acceptors (Lipinski definition) is 4. The number of ether oxygens (including phenoxy) is 1. The third kappa shape index (κ3) is 3.86. The molecule has 110 valence electrons. The Morgan fingerprint density at radius 2 is 1.95 bits per heavy atom. The first-order valence-electron chi connectivity index (χ1n) is 6.45. The molecular formula is C13H17ClN2O3S. The highest BCUT2D eigenvalue weighted by molar-refractivity contribution is 7.16. The summed E-state index contributed by atoms with van der Waals surface area (Å²) in [5.41, 5.74) is 0. The SMILES string of the molecule is COC(=O)N1CCCN(C(=O)Cc2ccc(Cl)s2)CC1. The first kappa shape index (κ1) is 15.1. The van der Waals surface area contributed by atoms with Gasteiger partial charge in [-0.1, -0.05) is 11.6 Å². The minimum absolute atomic E-state index is 0.0789. The van der Waals surface area contributed by atoms with Crippen LogP contribution in [0.3, 0.4) is 0 Å². The molecule has 1 fully saturated rings. The second-order valence-electron chi connectivity index (χ2n) is 4.57. The number of nitrogens with zero attached hydrogens (tertiary/aromatic N) is 2. The van der Waals surface area contributed by atoms with E-state index in [1.807, 2.05) is 6.07 Å². The summed E-state index contributed by atoms with van der Waals surface area (Å²) in [5, 5.41) is 0. The van der Waals surface area contributed by atoms with Crippen LogP contribution in [0.4, 0.5) is 4.79 Å². The third-order valence-corrected chi connectivity index (χ3v) is 4.47. The molecule has 1 aromatic heterocycles. The summed E-state index contributed by atoms with van der Waals surface area (Å²) in [6.07, 6.45) is 0.811. The molecule has 7 heteroatoms. The van der Waals surface area contributed by atoms with Crippen LogP contribution in [0, 0.1) is 0 Å². The number of amides is 2. The van der Waals surface area contributed by atoms with Gasteiger partial charge >= 0.3 is 6.09 Å². The summed E-state index contributed by atoms with van der Waals surface area (Å²) in [4.78, 5) is 28.1. The summed E-state index contributed by atoms with van der Waals surface area (Å²) in [6.45, 7) is 2.36. The minimum atomic E-state index is -0.329. The highest BCUT2D eigenvalue weighted by atomic mass is 35.5. The number of carbonyl (C=O) groups is 2.